The highest BCUT2D eigenvalue weighted by molar-refractivity contribution is 5.94. The van der Waals surface area contributed by atoms with Gasteiger partial charge in [-0.15, -0.1) is 0 Å². The summed E-state index contributed by atoms with van der Waals surface area (Å²) >= 11 is 0. The van der Waals surface area contributed by atoms with E-state index in [0.29, 0.717) is 5.41 Å². The van der Waals surface area contributed by atoms with Gasteiger partial charge in [0.2, 0.25) is 0 Å². The molecule has 2 N–H and O–H groups in total. The summed E-state index contributed by atoms with van der Waals surface area (Å²) in [7, 11) is 0. The van der Waals surface area contributed by atoms with Crippen molar-refractivity contribution < 1.29 is 19.7 Å². The highest BCUT2D eigenvalue weighted by atomic mass is 16.5. The van der Waals surface area contributed by atoms with Crippen LogP contribution in [0.2, 0.25) is 0 Å². The van der Waals surface area contributed by atoms with Crippen molar-refractivity contribution in [2.75, 3.05) is 26.4 Å². The molecule has 0 spiro atoms. The van der Waals surface area contributed by atoms with E-state index in [1.165, 1.54) is 87.8 Å². The lowest BCUT2D eigenvalue weighted by atomic mass is 9.46. The highest BCUT2D eigenvalue weighted by Gasteiger charge is 2.54. The SMILES string of the molecule is OCCOc1cc(OCCO)c2cc(C34CC5CC(CC(C5)C3)C4)cc(C34CC5CC(CC(C5)C3)C4)c2c1. The molecule has 0 amide bonds. The molecule has 4 heteroatoms. The van der Waals surface area contributed by atoms with Crippen LogP contribution in [0.1, 0.15) is 88.2 Å². The first kappa shape index (κ1) is 24.1. The van der Waals surface area contributed by atoms with E-state index in [9.17, 15) is 10.2 Å². The van der Waals surface area contributed by atoms with Crippen molar-refractivity contribution in [3.63, 3.8) is 0 Å². The van der Waals surface area contributed by atoms with Gasteiger partial charge in [-0.25, -0.2) is 0 Å². The number of hydrogen-bond acceptors (Lipinski definition) is 4. The maximum atomic E-state index is 9.64. The number of fused-ring (bicyclic) bond motifs is 1. The lowest BCUT2D eigenvalue weighted by molar-refractivity contribution is -0.00788. The number of ether oxygens (including phenoxy) is 2. The first-order valence-corrected chi connectivity index (χ1v) is 15.6. The summed E-state index contributed by atoms with van der Waals surface area (Å²) in [5.74, 6) is 7.02. The third-order valence-corrected chi connectivity index (χ3v) is 12.0. The Balaban J connectivity index is 1.33. The van der Waals surface area contributed by atoms with Gasteiger partial charge in [-0.2, -0.15) is 0 Å². The number of hydrogen-bond donors (Lipinski definition) is 2. The molecule has 0 radical (unpaired) electrons. The number of aliphatic hydroxyl groups is 2. The Hall–Kier alpha value is -1.78. The number of aliphatic hydroxyl groups excluding tert-OH is 2. The lowest BCUT2D eigenvalue weighted by Crippen LogP contribution is -2.50. The Labute approximate surface area is 227 Å². The summed E-state index contributed by atoms with van der Waals surface area (Å²) in [4.78, 5) is 0. The standard InChI is InChI=1S/C34H44O4/c35-1-3-37-28-13-29-30(32(14-28)38-4-2-36)11-27(33-15-21-5-22(16-33)7-23(6-21)17-33)12-31(29)34-18-24-8-25(19-34)10-26(9-24)20-34/h11-14,21-26,35-36H,1-10,15-20H2. The van der Waals surface area contributed by atoms with Crippen LogP contribution in [-0.4, -0.2) is 36.6 Å². The van der Waals surface area contributed by atoms with Gasteiger partial charge >= 0.3 is 0 Å². The summed E-state index contributed by atoms with van der Waals surface area (Å²) in [5, 5.41) is 21.6. The summed E-state index contributed by atoms with van der Waals surface area (Å²) in [6.07, 6.45) is 16.9. The first-order chi connectivity index (χ1) is 18.5. The Morgan fingerprint density at radius 1 is 0.579 bits per heavy atom. The number of rotatable bonds is 8. The van der Waals surface area contributed by atoms with Crippen LogP contribution in [0.5, 0.6) is 11.5 Å². The van der Waals surface area contributed by atoms with Gasteiger partial charge in [0.1, 0.15) is 24.7 Å². The Morgan fingerprint density at radius 2 is 1.08 bits per heavy atom. The minimum Gasteiger partial charge on any atom is -0.491 e. The quantitative estimate of drug-likeness (QED) is 0.420. The van der Waals surface area contributed by atoms with Crippen LogP contribution in [0, 0.1) is 35.5 Å². The molecule has 2 aromatic rings. The number of benzene rings is 2. The van der Waals surface area contributed by atoms with Crippen molar-refractivity contribution in [2.45, 2.75) is 87.9 Å². The van der Waals surface area contributed by atoms with E-state index in [1.54, 1.807) is 11.1 Å². The third kappa shape index (κ3) is 3.76. The molecule has 8 saturated carbocycles. The van der Waals surface area contributed by atoms with Gasteiger partial charge in [-0.1, -0.05) is 6.07 Å². The Morgan fingerprint density at radius 3 is 1.61 bits per heavy atom. The van der Waals surface area contributed by atoms with Gasteiger partial charge in [0.05, 0.1) is 13.2 Å². The highest BCUT2D eigenvalue weighted by Crippen LogP contribution is 2.64. The summed E-state index contributed by atoms with van der Waals surface area (Å²) in [6.45, 7) is 0.563. The fourth-order valence-electron chi connectivity index (χ4n) is 11.6. The molecule has 4 nitrogen and oxygen atoms in total. The van der Waals surface area contributed by atoms with Crippen LogP contribution in [-0.2, 0) is 10.8 Å². The molecule has 2 aromatic carbocycles. The van der Waals surface area contributed by atoms with Crippen LogP contribution >= 0.6 is 0 Å². The van der Waals surface area contributed by atoms with Crippen molar-refractivity contribution in [3.05, 3.63) is 35.4 Å². The predicted octanol–water partition coefficient (Wildman–Crippen LogP) is 6.52. The zero-order valence-electron chi connectivity index (χ0n) is 22.8. The van der Waals surface area contributed by atoms with Crippen molar-refractivity contribution in [1.82, 2.24) is 0 Å². The topological polar surface area (TPSA) is 58.9 Å². The molecule has 38 heavy (non-hydrogen) atoms. The van der Waals surface area contributed by atoms with Gasteiger partial charge in [0.25, 0.3) is 0 Å². The van der Waals surface area contributed by atoms with E-state index in [-0.39, 0.29) is 31.8 Å². The van der Waals surface area contributed by atoms with E-state index in [2.05, 4.69) is 18.2 Å². The summed E-state index contributed by atoms with van der Waals surface area (Å²) < 4.78 is 12.2. The Bertz CT molecular complexity index is 1160. The fourth-order valence-corrected chi connectivity index (χ4v) is 11.6. The van der Waals surface area contributed by atoms with Gasteiger partial charge in [0.15, 0.2) is 0 Å². The van der Waals surface area contributed by atoms with Crippen molar-refractivity contribution in [3.8, 4) is 11.5 Å². The monoisotopic (exact) mass is 516 g/mol. The Kier molecular flexibility index (Phi) is 5.61. The van der Waals surface area contributed by atoms with Gasteiger partial charge in [-0.05, 0) is 152 Å². The molecule has 10 rings (SSSR count). The molecule has 0 aromatic heterocycles. The van der Waals surface area contributed by atoms with E-state index >= 15 is 0 Å². The maximum Gasteiger partial charge on any atom is 0.130 e. The molecular formula is C34H44O4. The first-order valence-electron chi connectivity index (χ1n) is 15.6. The van der Waals surface area contributed by atoms with Crippen molar-refractivity contribution in [2.24, 2.45) is 35.5 Å². The third-order valence-electron chi connectivity index (χ3n) is 12.0. The second kappa shape index (κ2) is 8.86. The predicted molar refractivity (Wildman–Crippen MR) is 149 cm³/mol. The molecule has 0 aliphatic heterocycles. The molecule has 0 heterocycles. The maximum absolute atomic E-state index is 9.64. The second-order valence-electron chi connectivity index (χ2n) is 14.6. The fraction of sp³-hybridized carbons (Fsp3) is 0.706. The molecule has 0 atom stereocenters. The zero-order valence-corrected chi connectivity index (χ0v) is 22.8. The molecule has 0 saturated heterocycles. The smallest absolute Gasteiger partial charge is 0.130 e. The minimum absolute atomic E-state index is 0.000277. The average molecular weight is 517 g/mol. The molecule has 0 unspecified atom stereocenters. The largest absolute Gasteiger partial charge is 0.491 e. The molecule has 8 aliphatic rings. The summed E-state index contributed by atoms with van der Waals surface area (Å²) in [5.41, 5.74) is 3.77. The zero-order chi connectivity index (χ0) is 25.5. The molecule has 8 fully saturated rings. The molecular weight excluding hydrogens is 472 g/mol. The minimum atomic E-state index is -0.00232. The molecule has 8 aliphatic carbocycles. The van der Waals surface area contributed by atoms with Crippen LogP contribution < -0.4 is 9.47 Å². The van der Waals surface area contributed by atoms with Crippen LogP contribution in [0.4, 0.5) is 0 Å². The van der Waals surface area contributed by atoms with Gasteiger partial charge in [-0.3, -0.25) is 0 Å². The van der Waals surface area contributed by atoms with Crippen molar-refractivity contribution >= 4 is 10.8 Å². The van der Waals surface area contributed by atoms with Gasteiger partial charge < -0.3 is 19.7 Å². The normalized spacial score (nSPS) is 40.3. The van der Waals surface area contributed by atoms with E-state index in [4.69, 9.17) is 9.47 Å². The van der Waals surface area contributed by atoms with E-state index in [0.717, 1.165) is 47.0 Å². The van der Waals surface area contributed by atoms with Gasteiger partial charge in [0, 0.05) is 11.5 Å². The van der Waals surface area contributed by atoms with Crippen LogP contribution in [0.3, 0.4) is 0 Å². The lowest BCUT2D eigenvalue weighted by Gasteiger charge is -2.58. The van der Waals surface area contributed by atoms with Crippen LogP contribution in [0.15, 0.2) is 24.3 Å². The van der Waals surface area contributed by atoms with E-state index < -0.39 is 0 Å². The summed E-state index contributed by atoms with van der Waals surface area (Å²) in [6, 6.07) is 9.44. The average Bonchev–Trinajstić information content (AvgIpc) is 2.88. The van der Waals surface area contributed by atoms with Crippen LogP contribution in [0.25, 0.3) is 10.8 Å². The molecule has 204 valence electrons. The van der Waals surface area contributed by atoms with Crippen molar-refractivity contribution in [1.29, 1.82) is 0 Å². The van der Waals surface area contributed by atoms with E-state index in [1.807, 2.05) is 6.07 Å². The second-order valence-corrected chi connectivity index (χ2v) is 14.6. The molecule has 8 bridgehead atoms.